The van der Waals surface area contributed by atoms with E-state index in [1.165, 1.54) is 12.1 Å². The molecule has 0 radical (unpaired) electrons. The van der Waals surface area contributed by atoms with Crippen molar-refractivity contribution in [2.45, 2.75) is 0 Å². The number of rotatable bonds is 4. The first kappa shape index (κ1) is 16.9. The lowest BCUT2D eigenvalue weighted by atomic mass is 10.2. The predicted molar refractivity (Wildman–Crippen MR) is 85.9 cm³/mol. The van der Waals surface area contributed by atoms with E-state index >= 15 is 0 Å². The van der Waals surface area contributed by atoms with E-state index in [0.717, 1.165) is 6.07 Å². The van der Waals surface area contributed by atoms with Crippen LogP contribution in [0.3, 0.4) is 0 Å². The molecule has 0 aliphatic heterocycles. The van der Waals surface area contributed by atoms with Crippen LogP contribution in [0.5, 0.6) is 5.75 Å². The second kappa shape index (κ2) is 6.34. The summed E-state index contributed by atoms with van der Waals surface area (Å²) < 4.78 is 0. The summed E-state index contributed by atoms with van der Waals surface area (Å²) in [5, 5.41) is 38.9. The molecule has 24 heavy (non-hydrogen) atoms. The lowest BCUT2D eigenvalue weighted by Crippen LogP contribution is -1.93. The Hall–Kier alpha value is -3.47. The maximum Gasteiger partial charge on any atom is 0.319 e. The molecule has 0 amide bonds. The minimum Gasteiger partial charge on any atom is -0.501 e. The van der Waals surface area contributed by atoms with Crippen LogP contribution in [0, 0.1) is 20.2 Å². The van der Waals surface area contributed by atoms with Gasteiger partial charge in [-0.1, -0.05) is 11.6 Å². The second-order valence-corrected chi connectivity index (χ2v) is 4.89. The molecule has 0 bridgehead atoms. The van der Waals surface area contributed by atoms with Crippen LogP contribution in [0.4, 0.5) is 34.1 Å². The molecule has 0 spiro atoms. The SMILES string of the molecule is Nc1cc(N)c(/N=N/c2cc([N+](=O)[O-])cc([N+](=O)[O-])c2O)cc1Cl. The van der Waals surface area contributed by atoms with Gasteiger partial charge >= 0.3 is 5.69 Å². The Bertz CT molecular complexity index is 885. The number of anilines is 2. The van der Waals surface area contributed by atoms with Gasteiger partial charge in [-0.25, -0.2) is 0 Å². The van der Waals surface area contributed by atoms with Crippen LogP contribution in [0.2, 0.25) is 5.02 Å². The molecule has 11 nitrogen and oxygen atoms in total. The minimum atomic E-state index is -0.976. The number of halogens is 1. The van der Waals surface area contributed by atoms with Gasteiger partial charge in [0.2, 0.25) is 5.75 Å². The van der Waals surface area contributed by atoms with Crippen molar-refractivity contribution in [3.63, 3.8) is 0 Å². The molecular weight excluding hydrogens is 344 g/mol. The van der Waals surface area contributed by atoms with E-state index in [4.69, 9.17) is 23.1 Å². The third-order valence-electron chi connectivity index (χ3n) is 2.87. The number of hydrogen-bond donors (Lipinski definition) is 3. The number of hydrogen-bond acceptors (Lipinski definition) is 9. The Morgan fingerprint density at radius 1 is 0.958 bits per heavy atom. The fraction of sp³-hybridized carbons (Fsp3) is 0. The molecule has 0 atom stereocenters. The lowest BCUT2D eigenvalue weighted by Gasteiger charge is -2.03. The molecule has 2 rings (SSSR count). The quantitative estimate of drug-likeness (QED) is 0.325. The van der Waals surface area contributed by atoms with Crippen LogP contribution in [-0.2, 0) is 0 Å². The normalized spacial score (nSPS) is 10.9. The van der Waals surface area contributed by atoms with Gasteiger partial charge in [-0.15, -0.1) is 10.2 Å². The van der Waals surface area contributed by atoms with Gasteiger partial charge in [-0.05, 0) is 12.1 Å². The van der Waals surface area contributed by atoms with E-state index in [2.05, 4.69) is 10.2 Å². The van der Waals surface area contributed by atoms with Gasteiger partial charge in [0, 0.05) is 6.07 Å². The molecule has 0 unspecified atom stereocenters. The molecule has 12 heteroatoms. The number of azo groups is 1. The first-order valence-corrected chi connectivity index (χ1v) is 6.50. The molecule has 0 aromatic heterocycles. The van der Waals surface area contributed by atoms with Crippen LogP contribution in [0.1, 0.15) is 0 Å². The van der Waals surface area contributed by atoms with Crippen molar-refractivity contribution in [2.75, 3.05) is 11.5 Å². The number of nitrogen functional groups attached to an aromatic ring is 2. The highest BCUT2D eigenvalue weighted by Gasteiger charge is 2.24. The van der Waals surface area contributed by atoms with Gasteiger partial charge in [0.1, 0.15) is 11.4 Å². The summed E-state index contributed by atoms with van der Waals surface area (Å²) in [6, 6.07) is 4.06. The lowest BCUT2D eigenvalue weighted by molar-refractivity contribution is -0.394. The number of aromatic hydroxyl groups is 1. The molecule has 124 valence electrons. The number of benzene rings is 2. The Labute approximate surface area is 138 Å². The Morgan fingerprint density at radius 2 is 1.58 bits per heavy atom. The van der Waals surface area contributed by atoms with Crippen LogP contribution in [0.25, 0.3) is 0 Å². The van der Waals surface area contributed by atoms with Crippen LogP contribution in [0.15, 0.2) is 34.5 Å². The van der Waals surface area contributed by atoms with Crippen LogP contribution < -0.4 is 11.5 Å². The zero-order valence-electron chi connectivity index (χ0n) is 11.7. The molecule has 0 saturated heterocycles. The van der Waals surface area contributed by atoms with E-state index < -0.39 is 32.7 Å². The van der Waals surface area contributed by atoms with E-state index in [1.807, 2.05) is 0 Å². The standard InChI is InChI=1S/C12H9ClN6O5/c13-6-3-9(8(15)4-7(6)14)16-17-10-1-5(18(21)22)2-11(12(10)20)19(23)24/h1-4,20H,14-15H2/b17-16+. The highest BCUT2D eigenvalue weighted by molar-refractivity contribution is 6.33. The van der Waals surface area contributed by atoms with E-state index in [0.29, 0.717) is 6.07 Å². The Kier molecular flexibility index (Phi) is 4.46. The van der Waals surface area contributed by atoms with E-state index in [-0.39, 0.29) is 22.1 Å². The fourth-order valence-corrected chi connectivity index (χ4v) is 1.86. The fourth-order valence-electron chi connectivity index (χ4n) is 1.70. The summed E-state index contributed by atoms with van der Waals surface area (Å²) in [7, 11) is 0. The largest absolute Gasteiger partial charge is 0.501 e. The molecule has 0 aliphatic rings. The highest BCUT2D eigenvalue weighted by Crippen LogP contribution is 2.41. The van der Waals surface area contributed by atoms with Gasteiger partial charge in [0.25, 0.3) is 5.69 Å². The first-order chi connectivity index (χ1) is 11.2. The summed E-state index contributed by atoms with van der Waals surface area (Å²) in [6.07, 6.45) is 0. The van der Waals surface area contributed by atoms with Crippen molar-refractivity contribution < 1.29 is 15.0 Å². The molecule has 0 aliphatic carbocycles. The van der Waals surface area contributed by atoms with Gasteiger partial charge < -0.3 is 16.6 Å². The molecule has 0 heterocycles. The maximum atomic E-state index is 10.9. The van der Waals surface area contributed by atoms with Crippen molar-refractivity contribution in [1.29, 1.82) is 0 Å². The monoisotopic (exact) mass is 352 g/mol. The van der Waals surface area contributed by atoms with Crippen LogP contribution in [-0.4, -0.2) is 15.0 Å². The number of nitro benzene ring substituents is 2. The van der Waals surface area contributed by atoms with Crippen molar-refractivity contribution >= 4 is 45.7 Å². The van der Waals surface area contributed by atoms with Crippen molar-refractivity contribution in [3.05, 3.63) is 49.5 Å². The Balaban J connectivity index is 2.55. The van der Waals surface area contributed by atoms with Gasteiger partial charge in [0.05, 0.1) is 32.3 Å². The van der Waals surface area contributed by atoms with Crippen molar-refractivity contribution in [1.82, 2.24) is 0 Å². The van der Waals surface area contributed by atoms with Crippen LogP contribution >= 0.6 is 11.6 Å². The van der Waals surface area contributed by atoms with Gasteiger partial charge in [-0.2, -0.15) is 0 Å². The third-order valence-corrected chi connectivity index (χ3v) is 3.20. The van der Waals surface area contributed by atoms with Gasteiger partial charge in [-0.3, -0.25) is 20.2 Å². The van der Waals surface area contributed by atoms with E-state index in [1.54, 1.807) is 0 Å². The average Bonchev–Trinajstić information content (AvgIpc) is 2.50. The van der Waals surface area contributed by atoms with E-state index in [9.17, 15) is 25.3 Å². The highest BCUT2D eigenvalue weighted by atomic mass is 35.5. The number of phenolic OH excluding ortho intramolecular Hbond substituents is 1. The zero-order valence-corrected chi connectivity index (χ0v) is 12.5. The summed E-state index contributed by atoms with van der Waals surface area (Å²) in [5.74, 6) is -0.866. The Morgan fingerprint density at radius 3 is 2.17 bits per heavy atom. The minimum absolute atomic E-state index is 0.0720. The molecule has 2 aromatic rings. The summed E-state index contributed by atoms with van der Waals surface area (Å²) in [6.45, 7) is 0. The molecule has 0 saturated carbocycles. The number of nitro groups is 2. The molecule has 0 fully saturated rings. The maximum absolute atomic E-state index is 10.9. The van der Waals surface area contributed by atoms with Crippen molar-refractivity contribution in [3.8, 4) is 5.75 Å². The molecule has 2 aromatic carbocycles. The number of non-ortho nitro benzene ring substituents is 1. The molecule has 5 N–H and O–H groups in total. The molecular formula is C12H9ClN6O5. The predicted octanol–water partition coefficient (Wildman–Crippen LogP) is 3.44. The summed E-state index contributed by atoms with van der Waals surface area (Å²) in [5.41, 5.74) is 9.65. The number of nitrogens with two attached hydrogens (primary N) is 2. The number of phenols is 1. The van der Waals surface area contributed by atoms with Gasteiger partial charge in [0.15, 0.2) is 0 Å². The van der Waals surface area contributed by atoms with Crippen molar-refractivity contribution in [2.24, 2.45) is 10.2 Å². The smallest absolute Gasteiger partial charge is 0.319 e. The summed E-state index contributed by atoms with van der Waals surface area (Å²) in [4.78, 5) is 19.8. The number of nitrogens with zero attached hydrogens (tertiary/aromatic N) is 4. The second-order valence-electron chi connectivity index (χ2n) is 4.48. The third kappa shape index (κ3) is 3.30. The topological polar surface area (TPSA) is 183 Å². The zero-order chi connectivity index (χ0) is 18.0. The first-order valence-electron chi connectivity index (χ1n) is 6.12. The average molecular weight is 353 g/mol. The summed E-state index contributed by atoms with van der Waals surface area (Å²) >= 11 is 5.82.